The number of hydrogen-bond donors (Lipinski definition) is 2. The van der Waals surface area contributed by atoms with Gasteiger partial charge in [-0.1, -0.05) is 41.4 Å². The van der Waals surface area contributed by atoms with Gasteiger partial charge in [-0.2, -0.15) is 0 Å². The average Bonchev–Trinajstić information content (AvgIpc) is 3.23. The molecule has 0 bridgehead atoms. The van der Waals surface area contributed by atoms with Crippen LogP contribution in [0.4, 0.5) is 0 Å². The van der Waals surface area contributed by atoms with Crippen molar-refractivity contribution in [2.75, 3.05) is 20.3 Å². The fourth-order valence-corrected chi connectivity index (χ4v) is 4.31. The molecule has 35 heavy (non-hydrogen) atoms. The summed E-state index contributed by atoms with van der Waals surface area (Å²) in [5.74, 6) is -1.77. The van der Waals surface area contributed by atoms with Gasteiger partial charge in [0.25, 0.3) is 5.91 Å². The van der Waals surface area contributed by atoms with Gasteiger partial charge >= 0.3 is 5.97 Å². The molecule has 1 amide bonds. The summed E-state index contributed by atoms with van der Waals surface area (Å²) in [5, 5.41) is 12.4. The van der Waals surface area contributed by atoms with Crippen LogP contribution in [-0.4, -0.2) is 47.4 Å². The number of carboxylic acid groups (broad SMARTS) is 1. The quantitative estimate of drug-likeness (QED) is 0.250. The Kier molecular flexibility index (Phi) is 7.21. The number of nitrogens with one attached hydrogen (secondary N) is 1. The first kappa shape index (κ1) is 24.5. The molecule has 0 unspecified atom stereocenters. The Morgan fingerprint density at radius 2 is 1.63 bits per heavy atom. The molecule has 0 aliphatic heterocycles. The summed E-state index contributed by atoms with van der Waals surface area (Å²) >= 11 is 12.6. The van der Waals surface area contributed by atoms with Gasteiger partial charge in [-0.3, -0.25) is 9.59 Å². The van der Waals surface area contributed by atoms with Crippen molar-refractivity contribution in [3.63, 3.8) is 0 Å². The first-order valence-corrected chi connectivity index (χ1v) is 11.3. The molecule has 7 nitrogen and oxygen atoms in total. The van der Waals surface area contributed by atoms with E-state index in [0.29, 0.717) is 35.4 Å². The number of fused-ring (bicyclic) bond motifs is 1. The van der Waals surface area contributed by atoms with Crippen LogP contribution >= 0.6 is 23.2 Å². The Hall–Kier alpha value is -3.65. The van der Waals surface area contributed by atoms with Crippen molar-refractivity contribution in [1.29, 1.82) is 0 Å². The molecule has 4 aromatic rings. The van der Waals surface area contributed by atoms with Crippen molar-refractivity contribution in [3.8, 4) is 11.1 Å². The molecule has 178 valence electrons. The summed E-state index contributed by atoms with van der Waals surface area (Å²) in [6.45, 7) is 0.698. The summed E-state index contributed by atoms with van der Waals surface area (Å²) in [4.78, 5) is 37.5. The van der Waals surface area contributed by atoms with Crippen LogP contribution in [0.25, 0.3) is 16.6 Å². The number of nitrogens with zero attached hydrogens (tertiary/aromatic N) is 1. The summed E-state index contributed by atoms with van der Waals surface area (Å²) < 4.78 is 6.59. The lowest BCUT2D eigenvalue weighted by atomic mass is 10.0. The highest BCUT2D eigenvalue weighted by atomic mass is 35.5. The third-order valence-corrected chi connectivity index (χ3v) is 6.11. The predicted octanol–water partition coefficient (Wildman–Crippen LogP) is 5.22. The van der Waals surface area contributed by atoms with Crippen molar-refractivity contribution < 1.29 is 24.2 Å². The van der Waals surface area contributed by atoms with E-state index in [1.165, 1.54) is 12.1 Å². The van der Waals surface area contributed by atoms with Crippen molar-refractivity contribution in [3.05, 3.63) is 99.3 Å². The maximum atomic E-state index is 13.6. The second-order valence-electron chi connectivity index (χ2n) is 7.67. The molecule has 0 fully saturated rings. The maximum Gasteiger partial charge on any atom is 0.335 e. The summed E-state index contributed by atoms with van der Waals surface area (Å²) in [6.07, 6.45) is 1.57. The number of carbonyl (C=O) groups excluding carboxylic acids is 2. The molecule has 2 aromatic heterocycles. The van der Waals surface area contributed by atoms with E-state index in [-0.39, 0.29) is 32.8 Å². The van der Waals surface area contributed by atoms with E-state index in [9.17, 15) is 19.5 Å². The van der Waals surface area contributed by atoms with Crippen LogP contribution in [0.1, 0.15) is 36.8 Å². The molecule has 2 heterocycles. The molecule has 0 aliphatic carbocycles. The minimum absolute atomic E-state index is 0.145. The van der Waals surface area contributed by atoms with E-state index >= 15 is 0 Å². The van der Waals surface area contributed by atoms with Crippen LogP contribution in [0.5, 0.6) is 0 Å². The van der Waals surface area contributed by atoms with Gasteiger partial charge in [-0.15, -0.1) is 0 Å². The largest absolute Gasteiger partial charge is 0.478 e. The molecular formula is C26H20Cl2N2O5. The fraction of sp³-hybridized carbons (Fsp3) is 0.115. The molecule has 2 N–H and O–H groups in total. The smallest absolute Gasteiger partial charge is 0.335 e. The van der Waals surface area contributed by atoms with Crippen LogP contribution in [0, 0.1) is 0 Å². The number of hydrogen-bond acceptors (Lipinski definition) is 4. The zero-order chi connectivity index (χ0) is 25.1. The molecule has 0 saturated carbocycles. The van der Waals surface area contributed by atoms with Crippen LogP contribution in [0.15, 0.2) is 66.9 Å². The average molecular weight is 511 g/mol. The van der Waals surface area contributed by atoms with Gasteiger partial charge in [0.05, 0.1) is 44.6 Å². The fourth-order valence-electron chi connectivity index (χ4n) is 3.74. The van der Waals surface area contributed by atoms with Crippen molar-refractivity contribution in [2.24, 2.45) is 0 Å². The summed E-state index contributed by atoms with van der Waals surface area (Å²) in [5.41, 5.74) is 2.92. The Bertz CT molecular complexity index is 1420. The number of aromatic carboxylic acids is 1. The molecule has 0 spiro atoms. The molecule has 9 heteroatoms. The van der Waals surface area contributed by atoms with Gasteiger partial charge < -0.3 is 19.6 Å². The topological polar surface area (TPSA) is 97.1 Å². The number of benzene rings is 2. The Balaban J connectivity index is 1.87. The molecule has 2 aromatic carbocycles. The molecule has 0 atom stereocenters. The lowest BCUT2D eigenvalue weighted by molar-refractivity contribution is 0.0696. The van der Waals surface area contributed by atoms with Crippen LogP contribution in [0.2, 0.25) is 10.0 Å². The van der Waals surface area contributed by atoms with Crippen LogP contribution in [0.3, 0.4) is 0 Å². The van der Waals surface area contributed by atoms with E-state index in [1.807, 2.05) is 0 Å². The molecular weight excluding hydrogens is 491 g/mol. The molecule has 0 aliphatic rings. The van der Waals surface area contributed by atoms with E-state index in [1.54, 1.807) is 66.2 Å². The van der Waals surface area contributed by atoms with Gasteiger partial charge in [-0.05, 0) is 48.0 Å². The Morgan fingerprint density at radius 1 is 0.971 bits per heavy atom. The second-order valence-corrected chi connectivity index (χ2v) is 8.49. The number of ketones is 1. The Morgan fingerprint density at radius 3 is 2.26 bits per heavy atom. The number of ether oxygens (including phenoxy) is 1. The van der Waals surface area contributed by atoms with Crippen LogP contribution < -0.4 is 5.32 Å². The molecule has 4 rings (SSSR count). The van der Waals surface area contributed by atoms with E-state index in [0.717, 1.165) is 0 Å². The van der Waals surface area contributed by atoms with Crippen LogP contribution in [-0.2, 0) is 4.74 Å². The SMILES string of the molecule is COCCNC(=O)c1ccc2c(-c3ccc(C(=O)O)cc3)cc(C(=O)c3c(Cl)cccc3Cl)n2c1. The number of rotatable bonds is 8. The highest BCUT2D eigenvalue weighted by Gasteiger charge is 2.23. The number of amides is 1. The highest BCUT2D eigenvalue weighted by molar-refractivity contribution is 6.41. The standard InChI is InChI=1S/C26H20Cl2N2O5/c1-35-12-11-29-25(32)17-9-10-21-18(15-5-7-16(8-6-15)26(33)34)13-22(30(21)14-17)24(31)23-19(27)3-2-4-20(23)28/h2-10,13-14H,11-12H2,1H3,(H,29,32)(H,33,34). The normalized spacial score (nSPS) is 10.9. The number of aromatic nitrogens is 1. The zero-order valence-electron chi connectivity index (χ0n) is 18.5. The third kappa shape index (κ3) is 4.93. The number of halogens is 2. The summed E-state index contributed by atoms with van der Waals surface area (Å²) in [6, 6.07) is 16.2. The first-order valence-electron chi connectivity index (χ1n) is 10.6. The maximum absolute atomic E-state index is 13.6. The minimum atomic E-state index is -1.04. The lowest BCUT2D eigenvalue weighted by Crippen LogP contribution is -2.27. The van der Waals surface area contributed by atoms with E-state index in [4.69, 9.17) is 27.9 Å². The monoisotopic (exact) mass is 510 g/mol. The first-order chi connectivity index (χ1) is 16.8. The van der Waals surface area contributed by atoms with Crippen molar-refractivity contribution >= 4 is 46.4 Å². The lowest BCUT2D eigenvalue weighted by Gasteiger charge is -2.09. The zero-order valence-corrected chi connectivity index (χ0v) is 20.1. The van der Waals surface area contributed by atoms with Gasteiger partial charge in [0.2, 0.25) is 5.78 Å². The van der Waals surface area contributed by atoms with Crippen molar-refractivity contribution in [1.82, 2.24) is 9.72 Å². The predicted molar refractivity (Wildman–Crippen MR) is 134 cm³/mol. The number of pyridine rings is 1. The number of methoxy groups -OCH3 is 1. The summed E-state index contributed by atoms with van der Waals surface area (Å²) in [7, 11) is 1.54. The van der Waals surface area contributed by atoms with Gasteiger partial charge in [0.15, 0.2) is 0 Å². The second kappa shape index (κ2) is 10.3. The van der Waals surface area contributed by atoms with Gasteiger partial charge in [-0.25, -0.2) is 4.79 Å². The minimum Gasteiger partial charge on any atom is -0.478 e. The van der Waals surface area contributed by atoms with E-state index < -0.39 is 11.8 Å². The van der Waals surface area contributed by atoms with Gasteiger partial charge in [0.1, 0.15) is 0 Å². The van der Waals surface area contributed by atoms with E-state index in [2.05, 4.69) is 5.32 Å². The molecule has 0 radical (unpaired) electrons. The molecule has 0 saturated heterocycles. The third-order valence-electron chi connectivity index (χ3n) is 5.48. The highest BCUT2D eigenvalue weighted by Crippen LogP contribution is 2.33. The van der Waals surface area contributed by atoms with Crippen molar-refractivity contribution in [2.45, 2.75) is 0 Å². The Labute approximate surface area is 210 Å². The number of carbonyl (C=O) groups is 3. The van der Waals surface area contributed by atoms with Gasteiger partial charge in [0, 0.05) is 25.4 Å². The number of carboxylic acids is 1.